The summed E-state index contributed by atoms with van der Waals surface area (Å²) < 4.78 is 17.4. The number of aromatic nitrogens is 2. The highest BCUT2D eigenvalue weighted by atomic mass is 16.7. The molecule has 3 aromatic rings. The molecule has 3 aliphatic rings. The molecule has 6 rings (SSSR count). The van der Waals surface area contributed by atoms with E-state index in [0.717, 1.165) is 52.6 Å². The third-order valence-electron chi connectivity index (χ3n) is 9.90. The highest BCUT2D eigenvalue weighted by molar-refractivity contribution is 6.62. The lowest BCUT2D eigenvalue weighted by molar-refractivity contribution is -0.883. The van der Waals surface area contributed by atoms with Crippen molar-refractivity contribution >= 4 is 35.4 Å². The first kappa shape index (κ1) is 27.0. The van der Waals surface area contributed by atoms with Crippen LogP contribution in [0.15, 0.2) is 42.6 Å². The van der Waals surface area contributed by atoms with E-state index in [-0.39, 0.29) is 40.2 Å². The van der Waals surface area contributed by atoms with E-state index in [0.29, 0.717) is 5.92 Å². The number of hydrogen-bond acceptors (Lipinski definition) is 6. The monoisotopic (exact) mass is 545 g/mol. The summed E-state index contributed by atoms with van der Waals surface area (Å²) in [7, 11) is 2.89. The highest BCUT2D eigenvalue weighted by Crippen LogP contribution is 2.54. The van der Waals surface area contributed by atoms with E-state index in [2.05, 4.69) is 79.1 Å². The molecule has 2 amide bonds. The maximum Gasteiger partial charge on any atom is 0.494 e. The van der Waals surface area contributed by atoms with E-state index in [9.17, 15) is 9.59 Å². The van der Waals surface area contributed by atoms with Gasteiger partial charge in [0.2, 0.25) is 0 Å². The van der Waals surface area contributed by atoms with Crippen molar-refractivity contribution in [3.05, 3.63) is 48.4 Å². The minimum Gasteiger partial charge on any atom is -0.453 e. The predicted molar refractivity (Wildman–Crippen MR) is 153 cm³/mol. The summed E-state index contributed by atoms with van der Waals surface area (Å²) in [5.74, 6) is 1.18. The van der Waals surface area contributed by atoms with Crippen molar-refractivity contribution in [2.24, 2.45) is 5.92 Å². The standard InChI is InChI=1S/C30H37BN4O5/c1-29(2)30(3,4)40-31(39-29)22-11-9-18-13-20(8-7-19(18)14-22)24-16-32-27(34-24)26-21-10-12-23(15-21)35(26,5)25(36)17-33-28(37)38-6/h7-9,11,13-14,16,21,23,26H,10,12,15,17H2,1-6H3,(H-,32,33,34,37)/p+1. The van der Waals surface area contributed by atoms with Gasteiger partial charge in [0.1, 0.15) is 6.54 Å². The molecule has 2 bridgehead atoms. The first-order valence-corrected chi connectivity index (χ1v) is 14.1. The second kappa shape index (κ2) is 9.43. The summed E-state index contributed by atoms with van der Waals surface area (Å²) in [5, 5.41) is 4.78. The minimum absolute atomic E-state index is 0.0240. The Kier molecular flexibility index (Phi) is 6.36. The van der Waals surface area contributed by atoms with Crippen molar-refractivity contribution in [3.63, 3.8) is 0 Å². The van der Waals surface area contributed by atoms with Crippen molar-refractivity contribution in [3.8, 4) is 11.3 Å². The van der Waals surface area contributed by atoms with Crippen molar-refractivity contribution in [1.82, 2.24) is 15.3 Å². The molecular weight excluding hydrogens is 507 g/mol. The van der Waals surface area contributed by atoms with Crippen LogP contribution < -0.4 is 10.8 Å². The summed E-state index contributed by atoms with van der Waals surface area (Å²) >= 11 is 0. The van der Waals surface area contributed by atoms with Crippen LogP contribution in [0.2, 0.25) is 0 Å². The van der Waals surface area contributed by atoms with Gasteiger partial charge in [-0.1, -0.05) is 30.3 Å². The van der Waals surface area contributed by atoms with Crippen LogP contribution in [0.1, 0.15) is 58.8 Å². The Morgan fingerprint density at radius 1 is 1.10 bits per heavy atom. The molecule has 0 radical (unpaired) electrons. The van der Waals surface area contributed by atoms with Crippen molar-refractivity contribution in [2.75, 3.05) is 20.7 Å². The molecule has 2 aliphatic heterocycles. The molecule has 2 aromatic carbocycles. The molecule has 1 saturated carbocycles. The van der Waals surface area contributed by atoms with Crippen LogP contribution in [0.4, 0.5) is 4.79 Å². The zero-order valence-electron chi connectivity index (χ0n) is 24.1. The number of rotatable bonds is 5. The lowest BCUT2D eigenvalue weighted by atomic mass is 9.78. The van der Waals surface area contributed by atoms with E-state index in [4.69, 9.17) is 14.3 Å². The maximum absolute atomic E-state index is 13.4. The van der Waals surface area contributed by atoms with E-state index in [1.54, 1.807) is 0 Å². The highest BCUT2D eigenvalue weighted by Gasteiger charge is 2.61. The van der Waals surface area contributed by atoms with E-state index in [1.165, 1.54) is 7.11 Å². The number of hydrogen-bond donors (Lipinski definition) is 2. The fourth-order valence-electron chi connectivity index (χ4n) is 6.84. The number of imidazole rings is 1. The number of H-pyrrole nitrogens is 1. The van der Waals surface area contributed by atoms with Gasteiger partial charge in [-0.3, -0.25) is 0 Å². The quantitative estimate of drug-likeness (QED) is 0.370. The summed E-state index contributed by atoms with van der Waals surface area (Å²) in [5.41, 5.74) is 2.09. The molecule has 210 valence electrons. The predicted octanol–water partition coefficient (Wildman–Crippen LogP) is 4.08. The Morgan fingerprint density at radius 3 is 2.52 bits per heavy atom. The second-order valence-corrected chi connectivity index (χ2v) is 12.6. The molecule has 2 N–H and O–H groups in total. The molecule has 3 fully saturated rings. The fraction of sp³-hybridized carbons (Fsp3) is 0.500. The van der Waals surface area contributed by atoms with Crippen LogP contribution in [-0.2, 0) is 18.8 Å². The number of aromatic amines is 1. The van der Waals surface area contributed by atoms with Gasteiger partial charge < -0.3 is 24.3 Å². The molecule has 4 unspecified atom stereocenters. The zero-order chi connectivity index (χ0) is 28.4. The van der Waals surface area contributed by atoms with Gasteiger partial charge in [-0.25, -0.2) is 19.1 Å². The number of nitrogens with zero attached hydrogens (tertiary/aromatic N) is 2. The first-order chi connectivity index (χ1) is 18.9. The lowest BCUT2D eigenvalue weighted by Gasteiger charge is -2.41. The van der Waals surface area contributed by atoms with Gasteiger partial charge in [0, 0.05) is 30.5 Å². The Labute approximate surface area is 235 Å². The number of ether oxygens (including phenoxy) is 1. The topological polar surface area (TPSA) is 103 Å². The van der Waals surface area contributed by atoms with Crippen LogP contribution in [0, 0.1) is 5.92 Å². The number of piperidine rings is 1. The van der Waals surface area contributed by atoms with Crippen molar-refractivity contribution in [1.29, 1.82) is 0 Å². The smallest absolute Gasteiger partial charge is 0.453 e. The Hall–Kier alpha value is -3.21. The van der Waals surface area contributed by atoms with Gasteiger partial charge >= 0.3 is 19.1 Å². The normalized spacial score (nSPS) is 28.2. The molecule has 2 saturated heterocycles. The van der Waals surface area contributed by atoms with Crippen LogP contribution in [0.3, 0.4) is 0 Å². The first-order valence-electron chi connectivity index (χ1n) is 14.1. The number of fused-ring (bicyclic) bond motifs is 3. The maximum atomic E-state index is 13.4. The summed E-state index contributed by atoms with van der Waals surface area (Å²) in [4.78, 5) is 33.5. The van der Waals surface area contributed by atoms with Crippen LogP contribution in [0.5, 0.6) is 0 Å². The summed E-state index contributed by atoms with van der Waals surface area (Å²) in [6, 6.07) is 12.8. The zero-order valence-corrected chi connectivity index (χ0v) is 24.1. The molecule has 40 heavy (non-hydrogen) atoms. The van der Waals surface area contributed by atoms with E-state index in [1.807, 2.05) is 13.2 Å². The summed E-state index contributed by atoms with van der Waals surface area (Å²) in [6.07, 6.45) is 4.41. The third-order valence-corrected chi connectivity index (χ3v) is 9.90. The lowest BCUT2D eigenvalue weighted by Crippen LogP contribution is -2.59. The SMILES string of the molecule is COC(=O)NCC(=O)[N+]1(C)C2CCC(C2)C1c1nc(-c2ccc3cc(B4OC(C)(C)C(C)(C)O4)ccc3c2)c[nH]1. The van der Waals surface area contributed by atoms with Crippen LogP contribution >= 0.6 is 0 Å². The number of benzene rings is 2. The fourth-order valence-corrected chi connectivity index (χ4v) is 6.84. The Balaban J connectivity index is 1.24. The molecule has 3 heterocycles. The Bertz CT molecular complexity index is 1470. The number of carbonyl (C=O) groups is 2. The van der Waals surface area contributed by atoms with Gasteiger partial charge in [0.05, 0.1) is 37.1 Å². The van der Waals surface area contributed by atoms with Gasteiger partial charge in [0.15, 0.2) is 11.9 Å². The number of likely N-dealkylation sites (tertiary alicyclic amines) is 1. The van der Waals surface area contributed by atoms with Crippen LogP contribution in [-0.4, -0.2) is 71.5 Å². The number of nitrogens with one attached hydrogen (secondary N) is 2. The molecule has 1 aromatic heterocycles. The molecular formula is C30H38BN4O5+. The van der Waals surface area contributed by atoms with Gasteiger partial charge in [-0.15, -0.1) is 0 Å². The largest absolute Gasteiger partial charge is 0.494 e. The molecule has 0 spiro atoms. The number of quaternary nitrogens is 1. The average Bonchev–Trinajstić information content (AvgIpc) is 3.69. The number of carbonyl (C=O) groups excluding carboxylic acids is 2. The number of alkyl carbamates (subject to hydrolysis) is 1. The van der Waals surface area contributed by atoms with E-state index >= 15 is 0 Å². The van der Waals surface area contributed by atoms with Gasteiger partial charge in [-0.05, 0) is 56.4 Å². The molecule has 4 atom stereocenters. The van der Waals surface area contributed by atoms with Gasteiger partial charge in [-0.2, -0.15) is 0 Å². The van der Waals surface area contributed by atoms with E-state index < -0.39 is 13.2 Å². The number of likely N-dealkylation sites (N-methyl/N-ethyl adjacent to an activating group) is 1. The van der Waals surface area contributed by atoms with Crippen molar-refractivity contribution in [2.45, 2.75) is 70.2 Å². The third kappa shape index (κ3) is 4.24. The Morgan fingerprint density at radius 2 is 1.80 bits per heavy atom. The summed E-state index contributed by atoms with van der Waals surface area (Å²) in [6.45, 7) is 8.18. The second-order valence-electron chi connectivity index (χ2n) is 12.6. The molecule has 10 heteroatoms. The van der Waals surface area contributed by atoms with Crippen LogP contribution in [0.25, 0.3) is 22.0 Å². The van der Waals surface area contributed by atoms with Gasteiger partial charge in [0.25, 0.3) is 0 Å². The number of methoxy groups -OCH3 is 1. The minimum atomic E-state index is -0.597. The van der Waals surface area contributed by atoms with Crippen molar-refractivity contribution < 1.29 is 28.1 Å². The molecule has 9 nitrogen and oxygen atoms in total. The molecule has 1 aliphatic carbocycles. The average molecular weight is 545 g/mol. The number of amides is 2.